The minimum atomic E-state index is -0.559. The van der Waals surface area contributed by atoms with Gasteiger partial charge < -0.3 is 34.1 Å². The van der Waals surface area contributed by atoms with Gasteiger partial charge in [0.1, 0.15) is 5.75 Å². The number of fused-ring (bicyclic) bond motifs is 1. The predicted octanol–water partition coefficient (Wildman–Crippen LogP) is 3.03. The van der Waals surface area contributed by atoms with Gasteiger partial charge in [0.25, 0.3) is 11.8 Å². The SMILES string of the molecule is COc1cc(C(=O)Nc2ccc3c(c2)N(CCCN(C)C)C(=O)C(C)O3)cc(OC)c1OC. The van der Waals surface area contributed by atoms with E-state index in [0.717, 1.165) is 13.0 Å². The normalized spacial score (nSPS) is 15.1. The quantitative estimate of drug-likeness (QED) is 0.619. The molecule has 1 unspecified atom stereocenters. The third kappa shape index (κ3) is 5.31. The first-order valence-corrected chi connectivity index (χ1v) is 10.7. The van der Waals surface area contributed by atoms with E-state index in [2.05, 4.69) is 10.2 Å². The molecule has 1 aliphatic rings. The van der Waals surface area contributed by atoms with Crippen molar-refractivity contribution in [3.63, 3.8) is 0 Å². The minimum Gasteiger partial charge on any atom is -0.493 e. The highest BCUT2D eigenvalue weighted by Crippen LogP contribution is 2.39. The van der Waals surface area contributed by atoms with E-state index in [4.69, 9.17) is 18.9 Å². The summed E-state index contributed by atoms with van der Waals surface area (Å²) in [4.78, 5) is 29.6. The number of hydrogen-bond acceptors (Lipinski definition) is 7. The maximum absolute atomic E-state index is 13.0. The smallest absolute Gasteiger partial charge is 0.267 e. The molecule has 0 aromatic heterocycles. The van der Waals surface area contributed by atoms with Gasteiger partial charge in [-0.2, -0.15) is 0 Å². The maximum Gasteiger partial charge on any atom is 0.267 e. The first-order chi connectivity index (χ1) is 15.8. The van der Waals surface area contributed by atoms with Crippen LogP contribution in [0, 0.1) is 0 Å². The number of benzene rings is 2. The molecule has 1 aliphatic heterocycles. The Morgan fingerprint density at radius 3 is 2.33 bits per heavy atom. The van der Waals surface area contributed by atoms with Crippen molar-refractivity contribution in [2.45, 2.75) is 19.4 Å². The summed E-state index contributed by atoms with van der Waals surface area (Å²) >= 11 is 0. The Kier molecular flexibility index (Phi) is 7.65. The van der Waals surface area contributed by atoms with Crippen LogP contribution in [0.15, 0.2) is 30.3 Å². The fourth-order valence-electron chi connectivity index (χ4n) is 3.68. The molecule has 9 heteroatoms. The van der Waals surface area contributed by atoms with E-state index in [9.17, 15) is 9.59 Å². The molecule has 0 saturated carbocycles. The Bertz CT molecular complexity index is 998. The maximum atomic E-state index is 13.0. The number of rotatable bonds is 9. The second kappa shape index (κ2) is 10.4. The third-order valence-corrected chi connectivity index (χ3v) is 5.34. The van der Waals surface area contributed by atoms with Gasteiger partial charge in [0, 0.05) is 17.8 Å². The molecular weight excluding hydrogens is 426 g/mol. The second-order valence-electron chi connectivity index (χ2n) is 7.96. The lowest BCUT2D eigenvalue weighted by Crippen LogP contribution is -2.45. The number of nitrogens with zero attached hydrogens (tertiary/aromatic N) is 2. The number of hydrogen-bond donors (Lipinski definition) is 1. The Morgan fingerprint density at radius 1 is 1.09 bits per heavy atom. The molecule has 0 aliphatic carbocycles. The number of methoxy groups -OCH3 is 3. The second-order valence-corrected chi connectivity index (χ2v) is 7.96. The Morgan fingerprint density at radius 2 is 1.76 bits per heavy atom. The lowest BCUT2D eigenvalue weighted by Gasteiger charge is -2.33. The minimum absolute atomic E-state index is 0.102. The summed E-state index contributed by atoms with van der Waals surface area (Å²) in [6.07, 6.45) is 0.254. The fraction of sp³-hybridized carbons (Fsp3) is 0.417. The van der Waals surface area contributed by atoms with E-state index in [1.54, 1.807) is 42.2 Å². The van der Waals surface area contributed by atoms with Gasteiger partial charge in [0.05, 0.1) is 27.0 Å². The highest BCUT2D eigenvalue weighted by molar-refractivity contribution is 6.06. The molecule has 1 heterocycles. The zero-order valence-electron chi connectivity index (χ0n) is 19.9. The van der Waals surface area contributed by atoms with Crippen molar-refractivity contribution >= 4 is 23.2 Å². The molecule has 0 spiro atoms. The van der Waals surface area contributed by atoms with E-state index in [0.29, 0.717) is 46.5 Å². The van der Waals surface area contributed by atoms with Crippen LogP contribution in [-0.4, -0.2) is 71.3 Å². The van der Waals surface area contributed by atoms with Crippen LogP contribution in [0.5, 0.6) is 23.0 Å². The summed E-state index contributed by atoms with van der Waals surface area (Å²) in [5.41, 5.74) is 1.52. The molecule has 3 rings (SSSR count). The summed E-state index contributed by atoms with van der Waals surface area (Å²) < 4.78 is 21.8. The Balaban J connectivity index is 1.86. The van der Waals surface area contributed by atoms with Crippen molar-refractivity contribution in [3.05, 3.63) is 35.9 Å². The van der Waals surface area contributed by atoms with Gasteiger partial charge in [0.15, 0.2) is 17.6 Å². The predicted molar refractivity (Wildman–Crippen MR) is 126 cm³/mol. The summed E-state index contributed by atoms with van der Waals surface area (Å²) in [6, 6.07) is 8.43. The molecule has 2 aromatic rings. The fourth-order valence-corrected chi connectivity index (χ4v) is 3.68. The van der Waals surface area contributed by atoms with Gasteiger partial charge in [-0.25, -0.2) is 0 Å². The van der Waals surface area contributed by atoms with E-state index >= 15 is 0 Å². The largest absolute Gasteiger partial charge is 0.493 e. The number of amides is 2. The Labute approximate surface area is 194 Å². The molecule has 2 aromatic carbocycles. The standard InChI is InChI=1S/C24H31N3O6/c1-15-24(29)27(11-7-10-26(2)3)18-14-17(8-9-19(18)33-15)25-23(28)16-12-20(30-4)22(32-6)21(13-16)31-5/h8-9,12-15H,7,10-11H2,1-6H3,(H,25,28). The van der Waals surface area contributed by atoms with Crippen molar-refractivity contribution in [2.75, 3.05) is 58.7 Å². The van der Waals surface area contributed by atoms with Crippen LogP contribution in [0.3, 0.4) is 0 Å². The lowest BCUT2D eigenvalue weighted by atomic mass is 10.1. The summed E-state index contributed by atoms with van der Waals surface area (Å²) in [5, 5.41) is 2.88. The number of anilines is 2. The van der Waals surface area contributed by atoms with Crippen molar-refractivity contribution in [3.8, 4) is 23.0 Å². The molecule has 0 radical (unpaired) electrons. The van der Waals surface area contributed by atoms with Crippen LogP contribution < -0.4 is 29.2 Å². The number of ether oxygens (including phenoxy) is 4. The highest BCUT2D eigenvalue weighted by Gasteiger charge is 2.31. The lowest BCUT2D eigenvalue weighted by molar-refractivity contribution is -0.125. The monoisotopic (exact) mass is 457 g/mol. The van der Waals surface area contributed by atoms with Crippen LogP contribution in [0.1, 0.15) is 23.7 Å². The first kappa shape index (κ1) is 24.2. The van der Waals surface area contributed by atoms with Crippen molar-refractivity contribution in [1.29, 1.82) is 0 Å². The highest BCUT2D eigenvalue weighted by atomic mass is 16.5. The van der Waals surface area contributed by atoms with Crippen LogP contribution in [0.25, 0.3) is 0 Å². The number of nitrogens with one attached hydrogen (secondary N) is 1. The number of carbonyl (C=O) groups is 2. The van der Waals surface area contributed by atoms with Crippen LogP contribution in [0.4, 0.5) is 11.4 Å². The van der Waals surface area contributed by atoms with Crippen molar-refractivity contribution in [2.24, 2.45) is 0 Å². The van der Waals surface area contributed by atoms with Gasteiger partial charge in [-0.05, 0) is 64.3 Å². The van der Waals surface area contributed by atoms with Gasteiger partial charge in [-0.3, -0.25) is 9.59 Å². The average Bonchev–Trinajstić information content (AvgIpc) is 2.80. The molecule has 33 heavy (non-hydrogen) atoms. The van der Waals surface area contributed by atoms with Crippen molar-refractivity contribution in [1.82, 2.24) is 4.90 Å². The number of carbonyl (C=O) groups excluding carboxylic acids is 2. The zero-order valence-corrected chi connectivity index (χ0v) is 19.9. The van der Waals surface area contributed by atoms with Gasteiger partial charge in [0.2, 0.25) is 5.75 Å². The summed E-state index contributed by atoms with van der Waals surface area (Å²) in [6.45, 7) is 3.15. The van der Waals surface area contributed by atoms with E-state index in [1.807, 2.05) is 14.1 Å². The molecule has 178 valence electrons. The molecule has 0 bridgehead atoms. The van der Waals surface area contributed by atoms with E-state index in [-0.39, 0.29) is 11.8 Å². The van der Waals surface area contributed by atoms with Gasteiger partial charge in [-0.1, -0.05) is 0 Å². The van der Waals surface area contributed by atoms with E-state index < -0.39 is 6.10 Å². The molecule has 1 N–H and O–H groups in total. The van der Waals surface area contributed by atoms with Crippen molar-refractivity contribution < 1.29 is 28.5 Å². The molecule has 2 amide bonds. The topological polar surface area (TPSA) is 89.6 Å². The van der Waals surface area contributed by atoms with Gasteiger partial charge >= 0.3 is 0 Å². The van der Waals surface area contributed by atoms with Crippen LogP contribution in [-0.2, 0) is 4.79 Å². The van der Waals surface area contributed by atoms with Crippen LogP contribution >= 0.6 is 0 Å². The zero-order chi connectivity index (χ0) is 24.1. The van der Waals surface area contributed by atoms with Crippen LogP contribution in [0.2, 0.25) is 0 Å². The molecule has 0 fully saturated rings. The first-order valence-electron chi connectivity index (χ1n) is 10.7. The molecule has 1 atom stereocenters. The van der Waals surface area contributed by atoms with E-state index in [1.165, 1.54) is 21.3 Å². The average molecular weight is 458 g/mol. The molecule has 0 saturated heterocycles. The third-order valence-electron chi connectivity index (χ3n) is 5.34. The summed E-state index contributed by atoms with van der Waals surface area (Å²) in [7, 11) is 8.47. The molecule has 9 nitrogen and oxygen atoms in total. The molecular formula is C24H31N3O6. The van der Waals surface area contributed by atoms with Gasteiger partial charge in [-0.15, -0.1) is 0 Å². The summed E-state index contributed by atoms with van der Waals surface area (Å²) in [5.74, 6) is 1.32. The Hall–Kier alpha value is -3.46.